The Balaban J connectivity index is 1.75. The fourth-order valence-electron chi connectivity index (χ4n) is 5.47. The second-order valence-electron chi connectivity index (χ2n) is 9.18. The third kappa shape index (κ3) is 4.31. The maximum Gasteiger partial charge on any atom is 0.253 e. The van der Waals surface area contributed by atoms with Crippen LogP contribution in [0.1, 0.15) is 34.3 Å². The van der Waals surface area contributed by atoms with Crippen molar-refractivity contribution in [3.05, 3.63) is 75.9 Å². The number of amides is 1. The van der Waals surface area contributed by atoms with Gasteiger partial charge < -0.3 is 25.8 Å². The molecule has 2 aliphatic rings. The number of ether oxygens (including phenoxy) is 1. The summed E-state index contributed by atoms with van der Waals surface area (Å²) in [6, 6.07) is 11.2. The van der Waals surface area contributed by atoms with Gasteiger partial charge in [0.05, 0.1) is 22.7 Å². The van der Waals surface area contributed by atoms with Crippen LogP contribution in [0.25, 0.3) is 11.1 Å². The number of hydrogen-bond donors (Lipinski definition) is 4. The molecule has 1 saturated heterocycles. The summed E-state index contributed by atoms with van der Waals surface area (Å²) in [6.45, 7) is 0.288. The maximum atomic E-state index is 16.0. The van der Waals surface area contributed by atoms with E-state index in [-0.39, 0.29) is 41.0 Å². The number of carbonyl (C=O) groups is 1. The number of anilines is 1. The molecule has 4 N–H and O–H groups in total. The van der Waals surface area contributed by atoms with E-state index in [1.165, 1.54) is 19.3 Å². The second-order valence-corrected chi connectivity index (χ2v) is 9.56. The Bertz CT molecular complexity index is 1340. The molecule has 2 atom stereocenters. The Hall–Kier alpha value is -3.27. The lowest BCUT2D eigenvalue weighted by Crippen LogP contribution is -2.50. The summed E-state index contributed by atoms with van der Waals surface area (Å²) < 4.78 is 36.6. The van der Waals surface area contributed by atoms with Crippen molar-refractivity contribution in [1.29, 1.82) is 0 Å². The third-order valence-corrected chi connectivity index (χ3v) is 7.49. The fraction of sp³-hybridized carbons (Fsp3) is 0.333. The zero-order chi connectivity index (χ0) is 26.2. The van der Waals surface area contributed by atoms with Crippen LogP contribution in [0.2, 0.25) is 5.02 Å². The molecule has 194 valence electrons. The van der Waals surface area contributed by atoms with Gasteiger partial charge in [0.15, 0.2) is 5.82 Å². The average molecular weight is 529 g/mol. The van der Waals surface area contributed by atoms with Gasteiger partial charge in [0.25, 0.3) is 11.8 Å². The van der Waals surface area contributed by atoms with Gasteiger partial charge in [-0.25, -0.2) is 13.8 Å². The highest BCUT2D eigenvalue weighted by Gasteiger charge is 2.47. The summed E-state index contributed by atoms with van der Waals surface area (Å²) in [7, 11) is 1.41. The highest BCUT2D eigenvalue weighted by molar-refractivity contribution is 6.34. The maximum absolute atomic E-state index is 16.0. The molecule has 5 rings (SSSR count). The minimum atomic E-state index is -0.958. The van der Waals surface area contributed by atoms with Crippen LogP contribution in [0.4, 0.5) is 14.5 Å². The Morgan fingerprint density at radius 3 is 2.76 bits per heavy atom. The quantitative estimate of drug-likeness (QED) is 0.370. The van der Waals surface area contributed by atoms with E-state index in [0.717, 1.165) is 24.9 Å². The molecule has 2 aliphatic heterocycles. The molecule has 2 aromatic carbocycles. The largest absolute Gasteiger partial charge is 0.473 e. The highest BCUT2D eigenvalue weighted by Crippen LogP contribution is 2.51. The van der Waals surface area contributed by atoms with E-state index >= 15 is 8.78 Å². The Labute approximate surface area is 218 Å². The molecule has 0 saturated carbocycles. The van der Waals surface area contributed by atoms with Gasteiger partial charge in [-0.3, -0.25) is 4.79 Å². The lowest BCUT2D eigenvalue weighted by Gasteiger charge is -2.37. The van der Waals surface area contributed by atoms with E-state index in [4.69, 9.17) is 21.4 Å². The summed E-state index contributed by atoms with van der Waals surface area (Å²) in [5, 5.41) is 18.4. The van der Waals surface area contributed by atoms with E-state index in [2.05, 4.69) is 20.9 Å². The van der Waals surface area contributed by atoms with Crippen molar-refractivity contribution in [2.45, 2.75) is 30.8 Å². The monoisotopic (exact) mass is 528 g/mol. The summed E-state index contributed by atoms with van der Waals surface area (Å²) in [6.07, 6.45) is 3.43. The van der Waals surface area contributed by atoms with Crippen LogP contribution < -0.4 is 20.7 Å². The summed E-state index contributed by atoms with van der Waals surface area (Å²) in [4.78, 5) is 16.7. The number of hydrogen-bond acceptors (Lipinski definition) is 6. The molecule has 0 spiro atoms. The first-order valence-corrected chi connectivity index (χ1v) is 12.5. The van der Waals surface area contributed by atoms with Crippen molar-refractivity contribution in [3.8, 4) is 17.0 Å². The van der Waals surface area contributed by atoms with E-state index in [1.54, 1.807) is 0 Å². The number of benzene rings is 2. The van der Waals surface area contributed by atoms with Gasteiger partial charge in [0.1, 0.15) is 12.4 Å². The Morgan fingerprint density at radius 1 is 1.30 bits per heavy atom. The molecule has 1 fully saturated rings. The number of pyridine rings is 1. The van der Waals surface area contributed by atoms with Gasteiger partial charge in [-0.15, -0.1) is 0 Å². The van der Waals surface area contributed by atoms with Crippen molar-refractivity contribution in [2.75, 3.05) is 32.1 Å². The molecule has 10 heteroatoms. The lowest BCUT2D eigenvalue weighted by atomic mass is 9.78. The molecular weight excluding hydrogens is 502 g/mol. The number of aromatic nitrogens is 1. The molecule has 1 amide bonds. The van der Waals surface area contributed by atoms with Gasteiger partial charge >= 0.3 is 0 Å². The number of nitrogens with zero attached hydrogens (tertiary/aromatic N) is 1. The SMILES string of the molecule is CNC(=O)c1cnc(OCCO)c(F)c1-c1c(Cl)c(F)cc2c1C[C@](c1ccccc1)([C@@H]1CCCN1)N2. The molecule has 37 heavy (non-hydrogen) atoms. The number of nitrogens with one attached hydrogen (secondary N) is 3. The molecular formula is C27H27ClF2N4O3. The summed E-state index contributed by atoms with van der Waals surface area (Å²) in [5.74, 6) is -2.73. The minimum Gasteiger partial charge on any atom is -0.473 e. The first-order chi connectivity index (χ1) is 17.9. The van der Waals surface area contributed by atoms with Gasteiger partial charge in [0.2, 0.25) is 0 Å². The third-order valence-electron chi connectivity index (χ3n) is 7.12. The number of aliphatic hydroxyl groups is 1. The minimum absolute atomic E-state index is 0.0288. The van der Waals surface area contributed by atoms with Gasteiger partial charge in [-0.2, -0.15) is 0 Å². The molecule has 7 nitrogen and oxygen atoms in total. The number of fused-ring (bicyclic) bond motifs is 1. The van der Waals surface area contributed by atoms with E-state index in [9.17, 15) is 4.79 Å². The van der Waals surface area contributed by atoms with E-state index in [0.29, 0.717) is 17.7 Å². The Kier molecular flexibility index (Phi) is 7.02. The molecule has 0 unspecified atom stereocenters. The first-order valence-electron chi connectivity index (χ1n) is 12.1. The smallest absolute Gasteiger partial charge is 0.253 e. The van der Waals surface area contributed by atoms with E-state index < -0.39 is 29.0 Å². The summed E-state index contributed by atoms with van der Waals surface area (Å²) in [5.41, 5.74) is 1.20. The standard InChI is InChI=1S/C27H27ClF2N4O3/c1-31-25(36)17-14-33-26(37-11-10-35)24(30)22(17)21-16-13-27(20-8-5-9-32-20,15-6-3-2-4-7-15)34-19(16)12-18(29)23(21)28/h2-4,6-7,12,14,20,32,34-35H,5,8-11,13H2,1H3,(H,31,36)/t20-,27-/m0/s1. The highest BCUT2D eigenvalue weighted by atomic mass is 35.5. The fourth-order valence-corrected chi connectivity index (χ4v) is 5.74. The van der Waals surface area contributed by atoms with Crippen LogP contribution in [0.5, 0.6) is 5.88 Å². The van der Waals surface area contributed by atoms with Crippen molar-refractivity contribution >= 4 is 23.2 Å². The van der Waals surface area contributed by atoms with Crippen molar-refractivity contribution in [2.24, 2.45) is 0 Å². The Morgan fingerprint density at radius 2 is 2.08 bits per heavy atom. The molecule has 0 radical (unpaired) electrons. The molecule has 0 aliphatic carbocycles. The average Bonchev–Trinajstić information content (AvgIpc) is 3.58. The number of carbonyl (C=O) groups excluding carboxylic acids is 1. The predicted octanol–water partition coefficient (Wildman–Crippen LogP) is 4.03. The zero-order valence-corrected chi connectivity index (χ0v) is 21.0. The van der Waals surface area contributed by atoms with Crippen LogP contribution >= 0.6 is 11.6 Å². The summed E-state index contributed by atoms with van der Waals surface area (Å²) >= 11 is 6.54. The van der Waals surface area contributed by atoms with Crippen LogP contribution in [-0.2, 0) is 12.0 Å². The van der Waals surface area contributed by atoms with Crippen LogP contribution in [0.15, 0.2) is 42.6 Å². The van der Waals surface area contributed by atoms with Crippen LogP contribution in [0, 0.1) is 11.6 Å². The lowest BCUT2D eigenvalue weighted by molar-refractivity contribution is 0.0962. The number of halogens is 3. The molecule has 3 heterocycles. The normalized spacial score (nSPS) is 20.4. The van der Waals surface area contributed by atoms with E-state index in [1.807, 2.05) is 30.3 Å². The second kappa shape index (κ2) is 10.2. The topological polar surface area (TPSA) is 95.5 Å². The van der Waals surface area contributed by atoms with Gasteiger partial charge in [-0.05, 0) is 36.6 Å². The number of aliphatic hydroxyl groups excluding tert-OH is 1. The number of rotatable bonds is 7. The van der Waals surface area contributed by atoms with Gasteiger partial charge in [0, 0.05) is 42.5 Å². The zero-order valence-electron chi connectivity index (χ0n) is 20.2. The van der Waals surface area contributed by atoms with Crippen molar-refractivity contribution < 1.29 is 23.4 Å². The van der Waals surface area contributed by atoms with Crippen LogP contribution in [0.3, 0.4) is 0 Å². The predicted molar refractivity (Wildman–Crippen MR) is 137 cm³/mol. The molecule has 0 bridgehead atoms. The molecule has 3 aromatic rings. The van der Waals surface area contributed by atoms with Crippen molar-refractivity contribution in [3.63, 3.8) is 0 Å². The first kappa shape index (κ1) is 25.4. The van der Waals surface area contributed by atoms with Crippen molar-refractivity contribution in [1.82, 2.24) is 15.6 Å². The van der Waals surface area contributed by atoms with Gasteiger partial charge in [-0.1, -0.05) is 41.9 Å². The van der Waals surface area contributed by atoms with Crippen LogP contribution in [-0.4, -0.2) is 48.8 Å². The molecule has 1 aromatic heterocycles.